The summed E-state index contributed by atoms with van der Waals surface area (Å²) >= 11 is 0. The van der Waals surface area contributed by atoms with Crippen molar-refractivity contribution >= 4 is 8.19 Å². The van der Waals surface area contributed by atoms with Gasteiger partial charge in [0.05, 0.1) is 0 Å². The van der Waals surface area contributed by atoms with Gasteiger partial charge in [-0.15, -0.1) is 6.42 Å². The van der Waals surface area contributed by atoms with Gasteiger partial charge >= 0.3 is 21.7 Å². The fourth-order valence-corrected chi connectivity index (χ4v) is 1.72. The van der Waals surface area contributed by atoms with E-state index in [1.165, 1.54) is 11.1 Å². The summed E-state index contributed by atoms with van der Waals surface area (Å²) in [5, 5.41) is 0. The van der Waals surface area contributed by atoms with E-state index >= 15 is 0 Å². The van der Waals surface area contributed by atoms with E-state index in [9.17, 15) is 0 Å². The summed E-state index contributed by atoms with van der Waals surface area (Å²) in [6.45, 7) is 4.23. The van der Waals surface area contributed by atoms with Gasteiger partial charge < -0.3 is 24.8 Å². The molecular weight excluding hydrogens is 282 g/mol. The maximum absolute atomic E-state index is 3.22. The molecule has 0 radical (unpaired) electrons. The molecule has 1 atom stereocenters. The van der Waals surface area contributed by atoms with Crippen LogP contribution < -0.4 is 24.8 Å². The SMILES string of the molecule is Cc1[c-][pH]cc1C.[C-]1=CC=CC1.[Cl-].[Cl-].[Ti+4]. The molecule has 0 saturated heterocycles. The van der Waals surface area contributed by atoms with Gasteiger partial charge in [0.25, 0.3) is 0 Å². The summed E-state index contributed by atoms with van der Waals surface area (Å²) in [6.07, 6.45) is 10.0. The molecule has 1 aromatic heterocycles. The molecule has 0 bridgehead atoms. The third-order valence-electron chi connectivity index (χ3n) is 1.73. The normalized spacial score (nSPS) is 10.8. The third-order valence-corrected chi connectivity index (χ3v) is 2.82. The van der Waals surface area contributed by atoms with Crippen LogP contribution in [0.2, 0.25) is 0 Å². The van der Waals surface area contributed by atoms with E-state index in [1.807, 2.05) is 12.2 Å². The first kappa shape index (κ1) is 20.9. The first-order valence-corrected chi connectivity index (χ1v) is 5.12. The van der Waals surface area contributed by atoms with E-state index < -0.39 is 0 Å². The Balaban J connectivity index is -0.000000165. The maximum atomic E-state index is 3.22. The molecule has 0 aromatic carbocycles. The van der Waals surface area contributed by atoms with Crippen molar-refractivity contribution in [3.05, 3.63) is 47.0 Å². The van der Waals surface area contributed by atoms with Crippen molar-refractivity contribution < 1.29 is 46.5 Å². The minimum absolute atomic E-state index is 0. The van der Waals surface area contributed by atoms with Crippen LogP contribution in [0.25, 0.3) is 0 Å². The molecule has 15 heavy (non-hydrogen) atoms. The molecule has 0 aliphatic heterocycles. The minimum atomic E-state index is 0. The molecule has 0 spiro atoms. The molecule has 0 nitrogen and oxygen atoms in total. The smallest absolute Gasteiger partial charge is 1.00 e. The topological polar surface area (TPSA) is 0 Å². The quantitative estimate of drug-likeness (QED) is 0.365. The van der Waals surface area contributed by atoms with E-state index in [-0.39, 0.29) is 46.5 Å². The van der Waals surface area contributed by atoms with Gasteiger partial charge in [-0.1, -0.05) is 13.8 Å². The van der Waals surface area contributed by atoms with Crippen LogP contribution in [0.3, 0.4) is 0 Å². The van der Waals surface area contributed by atoms with Crippen molar-refractivity contribution in [3.8, 4) is 0 Å². The molecule has 1 unspecified atom stereocenters. The van der Waals surface area contributed by atoms with Crippen molar-refractivity contribution in [1.29, 1.82) is 0 Å². The predicted octanol–water partition coefficient (Wildman–Crippen LogP) is -2.55. The zero-order chi connectivity index (χ0) is 8.81. The van der Waals surface area contributed by atoms with Crippen LogP contribution in [-0.4, -0.2) is 0 Å². The molecule has 1 aliphatic rings. The number of aryl methyl sites for hydroxylation is 2. The predicted molar refractivity (Wildman–Crippen MR) is 55.8 cm³/mol. The fraction of sp³-hybridized carbons (Fsp3) is 0.273. The Morgan fingerprint density at radius 1 is 1.27 bits per heavy atom. The number of hydrogen-bond acceptors (Lipinski definition) is 0. The van der Waals surface area contributed by atoms with Gasteiger partial charge in [0.2, 0.25) is 0 Å². The first-order chi connectivity index (χ1) is 5.80. The van der Waals surface area contributed by atoms with Crippen molar-refractivity contribution in [2.45, 2.75) is 20.3 Å². The van der Waals surface area contributed by atoms with Gasteiger partial charge in [0.15, 0.2) is 0 Å². The molecule has 2 rings (SSSR count). The Morgan fingerprint density at radius 3 is 2.07 bits per heavy atom. The van der Waals surface area contributed by atoms with E-state index in [4.69, 9.17) is 0 Å². The summed E-state index contributed by atoms with van der Waals surface area (Å²) in [6, 6.07) is 0. The van der Waals surface area contributed by atoms with E-state index in [0.717, 1.165) is 14.6 Å². The summed E-state index contributed by atoms with van der Waals surface area (Å²) in [7, 11) is 0.820. The second-order valence-electron chi connectivity index (χ2n) is 2.72. The average Bonchev–Trinajstić information content (AvgIpc) is 2.67. The van der Waals surface area contributed by atoms with Crippen LogP contribution in [0.15, 0.2) is 24.0 Å². The van der Waals surface area contributed by atoms with Crippen LogP contribution in [0.1, 0.15) is 17.5 Å². The van der Waals surface area contributed by atoms with Crippen LogP contribution >= 0.6 is 8.19 Å². The van der Waals surface area contributed by atoms with E-state index in [0.29, 0.717) is 0 Å². The van der Waals surface area contributed by atoms with Crippen molar-refractivity contribution in [2.24, 2.45) is 0 Å². The van der Waals surface area contributed by atoms with Gasteiger partial charge in [-0.2, -0.15) is 28.8 Å². The summed E-state index contributed by atoms with van der Waals surface area (Å²) in [5.41, 5.74) is 2.73. The Kier molecular flexibility index (Phi) is 17.6. The van der Waals surface area contributed by atoms with Crippen molar-refractivity contribution in [3.63, 3.8) is 0 Å². The minimum Gasteiger partial charge on any atom is -1.00 e. The molecule has 0 N–H and O–H groups in total. The van der Waals surface area contributed by atoms with Crippen LogP contribution in [0.5, 0.6) is 0 Å². The van der Waals surface area contributed by atoms with Crippen LogP contribution in [-0.2, 0) is 21.7 Å². The Bertz CT molecular complexity index is 266. The van der Waals surface area contributed by atoms with Gasteiger partial charge in [-0.3, -0.25) is 14.3 Å². The summed E-state index contributed by atoms with van der Waals surface area (Å²) in [5.74, 6) is 5.44. The molecule has 0 fully saturated rings. The van der Waals surface area contributed by atoms with Gasteiger partial charge in [-0.05, 0) is 0 Å². The second kappa shape index (κ2) is 12.6. The molecule has 4 heteroatoms. The Morgan fingerprint density at radius 2 is 1.93 bits per heavy atom. The van der Waals surface area contributed by atoms with Gasteiger partial charge in [0.1, 0.15) is 0 Å². The summed E-state index contributed by atoms with van der Waals surface area (Å²) < 4.78 is 0. The van der Waals surface area contributed by atoms with Crippen LogP contribution in [0.4, 0.5) is 0 Å². The zero-order valence-corrected chi connectivity index (χ0v) is 12.8. The molecule has 1 aromatic rings. The molecule has 1 aliphatic carbocycles. The van der Waals surface area contributed by atoms with Gasteiger partial charge in [0, 0.05) is 0 Å². The van der Waals surface area contributed by atoms with Gasteiger partial charge in [-0.25, -0.2) is 12.2 Å². The standard InChI is InChI=1S/C6H8P.C5H5.2ClH.Ti/c1-5-3-7-4-6(5)2;1-2-4-5-3-1;;;/h3,7H,1-2H3;1-3H,4H2;2*1H;/q2*-1;;;+4/p-2. The Hall–Kier alpha value is 0.554. The first-order valence-electron chi connectivity index (χ1n) is 4.04. The van der Waals surface area contributed by atoms with E-state index in [1.54, 1.807) is 0 Å². The third kappa shape index (κ3) is 9.48. The zero-order valence-electron chi connectivity index (χ0n) is 8.77. The number of halogens is 2. The fourth-order valence-electron chi connectivity index (χ4n) is 0.800. The number of hydrogen-bond donors (Lipinski definition) is 0. The van der Waals surface area contributed by atoms with E-state index in [2.05, 4.69) is 37.6 Å². The summed E-state index contributed by atoms with van der Waals surface area (Å²) in [4.78, 5) is 0. The molecule has 80 valence electrons. The average molecular weight is 295 g/mol. The van der Waals surface area contributed by atoms with Crippen LogP contribution in [0, 0.1) is 25.7 Å². The van der Waals surface area contributed by atoms with Crippen molar-refractivity contribution in [1.82, 2.24) is 0 Å². The van der Waals surface area contributed by atoms with Crippen molar-refractivity contribution in [2.75, 3.05) is 0 Å². The monoisotopic (exact) mass is 294 g/mol. The maximum Gasteiger partial charge on any atom is 4.00 e. The second-order valence-corrected chi connectivity index (χ2v) is 3.55. The molecular formula is C11H13Cl2PTi. The Labute approximate surface area is 121 Å². The molecule has 1 heterocycles. The number of rotatable bonds is 0. The molecule has 0 amide bonds. The number of allylic oxidation sites excluding steroid dienone is 4. The molecule has 0 saturated carbocycles. The largest absolute Gasteiger partial charge is 4.00 e.